The molecular formula is C17H26F2N2. The highest BCUT2D eigenvalue weighted by molar-refractivity contribution is 5.21. The summed E-state index contributed by atoms with van der Waals surface area (Å²) in [4.78, 5) is 2.27. The van der Waals surface area contributed by atoms with Crippen LogP contribution in [0.1, 0.15) is 51.1 Å². The van der Waals surface area contributed by atoms with Crippen LogP contribution in [0.15, 0.2) is 18.2 Å². The Hall–Kier alpha value is -1.00. The van der Waals surface area contributed by atoms with E-state index in [0.29, 0.717) is 23.6 Å². The summed E-state index contributed by atoms with van der Waals surface area (Å²) in [6.07, 6.45) is 4.80. The SMILES string of the molecule is CN(CC(N)c1ccc(F)c(F)c1)C1CCC(C)(C)CC1. The highest BCUT2D eigenvalue weighted by atomic mass is 19.2. The molecule has 0 spiro atoms. The van der Waals surface area contributed by atoms with Gasteiger partial charge in [0.1, 0.15) is 0 Å². The maximum atomic E-state index is 13.3. The van der Waals surface area contributed by atoms with E-state index >= 15 is 0 Å². The fourth-order valence-electron chi connectivity index (χ4n) is 3.13. The first-order valence-electron chi connectivity index (χ1n) is 7.69. The van der Waals surface area contributed by atoms with E-state index < -0.39 is 11.6 Å². The lowest BCUT2D eigenvalue weighted by atomic mass is 9.75. The molecule has 1 aliphatic carbocycles. The Morgan fingerprint density at radius 3 is 2.43 bits per heavy atom. The van der Waals surface area contributed by atoms with Gasteiger partial charge in [-0.1, -0.05) is 19.9 Å². The van der Waals surface area contributed by atoms with Gasteiger partial charge in [-0.15, -0.1) is 0 Å². The van der Waals surface area contributed by atoms with Crippen molar-refractivity contribution >= 4 is 0 Å². The normalized spacial score (nSPS) is 20.7. The Kier molecular flexibility index (Phi) is 4.99. The van der Waals surface area contributed by atoms with Crippen LogP contribution in [-0.4, -0.2) is 24.5 Å². The molecule has 1 atom stereocenters. The molecule has 1 aromatic carbocycles. The molecule has 0 amide bonds. The summed E-state index contributed by atoms with van der Waals surface area (Å²) < 4.78 is 26.2. The Morgan fingerprint density at radius 2 is 1.86 bits per heavy atom. The smallest absolute Gasteiger partial charge is 0.159 e. The third-order valence-corrected chi connectivity index (χ3v) is 4.79. The van der Waals surface area contributed by atoms with E-state index in [-0.39, 0.29) is 6.04 Å². The van der Waals surface area contributed by atoms with Gasteiger partial charge in [-0.2, -0.15) is 0 Å². The number of nitrogens with zero attached hydrogens (tertiary/aromatic N) is 1. The molecule has 0 heterocycles. The van der Waals surface area contributed by atoms with E-state index in [1.165, 1.54) is 31.7 Å². The van der Waals surface area contributed by atoms with E-state index in [1.54, 1.807) is 6.07 Å². The predicted octanol–water partition coefficient (Wildman–Crippen LogP) is 3.87. The van der Waals surface area contributed by atoms with Crippen LogP contribution in [0.5, 0.6) is 0 Å². The maximum Gasteiger partial charge on any atom is 0.159 e. The van der Waals surface area contributed by atoms with Gasteiger partial charge in [-0.25, -0.2) is 8.78 Å². The van der Waals surface area contributed by atoms with Gasteiger partial charge in [0.25, 0.3) is 0 Å². The molecular weight excluding hydrogens is 270 g/mol. The molecule has 1 fully saturated rings. The zero-order valence-corrected chi connectivity index (χ0v) is 13.2. The number of nitrogens with two attached hydrogens (primary N) is 1. The molecule has 2 N–H and O–H groups in total. The van der Waals surface area contributed by atoms with E-state index in [9.17, 15) is 8.78 Å². The van der Waals surface area contributed by atoms with Crippen LogP contribution < -0.4 is 5.73 Å². The fraction of sp³-hybridized carbons (Fsp3) is 0.647. The molecule has 1 aromatic rings. The van der Waals surface area contributed by atoms with Crippen molar-refractivity contribution in [2.45, 2.75) is 51.6 Å². The zero-order chi connectivity index (χ0) is 15.6. The summed E-state index contributed by atoms with van der Waals surface area (Å²) in [6.45, 7) is 5.29. The van der Waals surface area contributed by atoms with Crippen molar-refractivity contribution in [3.05, 3.63) is 35.4 Å². The quantitative estimate of drug-likeness (QED) is 0.914. The first-order valence-corrected chi connectivity index (χ1v) is 7.69. The molecule has 1 saturated carbocycles. The second kappa shape index (κ2) is 6.41. The first-order chi connectivity index (χ1) is 9.78. The van der Waals surface area contributed by atoms with Crippen LogP contribution in [-0.2, 0) is 0 Å². The summed E-state index contributed by atoms with van der Waals surface area (Å²) in [5.41, 5.74) is 7.24. The molecule has 1 aliphatic rings. The van der Waals surface area contributed by atoms with Gasteiger partial charge >= 0.3 is 0 Å². The topological polar surface area (TPSA) is 29.3 Å². The fourth-order valence-corrected chi connectivity index (χ4v) is 3.13. The highest BCUT2D eigenvalue weighted by Crippen LogP contribution is 2.36. The summed E-state index contributed by atoms with van der Waals surface area (Å²) in [7, 11) is 2.07. The number of hydrogen-bond acceptors (Lipinski definition) is 2. The van der Waals surface area contributed by atoms with Crippen molar-refractivity contribution < 1.29 is 8.78 Å². The number of benzene rings is 1. The van der Waals surface area contributed by atoms with Gasteiger partial charge < -0.3 is 10.6 Å². The van der Waals surface area contributed by atoms with E-state index in [0.717, 1.165) is 6.07 Å². The van der Waals surface area contributed by atoms with Crippen molar-refractivity contribution in [1.29, 1.82) is 0 Å². The third kappa shape index (κ3) is 4.24. The molecule has 0 aromatic heterocycles. The van der Waals surface area contributed by atoms with Crippen LogP contribution >= 0.6 is 0 Å². The standard InChI is InChI=1S/C17H26F2N2/c1-17(2)8-6-13(7-9-17)21(3)11-16(20)12-4-5-14(18)15(19)10-12/h4-5,10,13,16H,6-9,11,20H2,1-3H3. The minimum Gasteiger partial charge on any atom is -0.323 e. The van der Waals surface area contributed by atoms with E-state index in [2.05, 4.69) is 25.8 Å². The van der Waals surface area contributed by atoms with Crippen molar-refractivity contribution in [2.75, 3.05) is 13.6 Å². The monoisotopic (exact) mass is 296 g/mol. The van der Waals surface area contributed by atoms with Crippen molar-refractivity contribution in [3.8, 4) is 0 Å². The molecule has 2 nitrogen and oxygen atoms in total. The third-order valence-electron chi connectivity index (χ3n) is 4.79. The summed E-state index contributed by atoms with van der Waals surface area (Å²) >= 11 is 0. The average molecular weight is 296 g/mol. The minimum absolute atomic E-state index is 0.292. The van der Waals surface area contributed by atoms with Crippen molar-refractivity contribution in [2.24, 2.45) is 11.1 Å². The number of rotatable bonds is 4. The van der Waals surface area contributed by atoms with Gasteiger partial charge in [-0.05, 0) is 55.8 Å². The molecule has 0 aliphatic heterocycles. The molecule has 21 heavy (non-hydrogen) atoms. The summed E-state index contributed by atoms with van der Waals surface area (Å²) in [5, 5.41) is 0. The average Bonchev–Trinajstić information content (AvgIpc) is 2.41. The second-order valence-corrected chi connectivity index (χ2v) is 7.12. The van der Waals surface area contributed by atoms with Gasteiger partial charge in [0.05, 0.1) is 0 Å². The lowest BCUT2D eigenvalue weighted by Gasteiger charge is -2.39. The minimum atomic E-state index is -0.829. The predicted molar refractivity (Wildman–Crippen MR) is 82.0 cm³/mol. The molecule has 4 heteroatoms. The number of halogens is 2. The molecule has 0 radical (unpaired) electrons. The molecule has 0 bridgehead atoms. The summed E-state index contributed by atoms with van der Waals surface area (Å²) in [5.74, 6) is -1.65. The van der Waals surface area contributed by atoms with Gasteiger partial charge in [-0.3, -0.25) is 0 Å². The lowest BCUT2D eigenvalue weighted by Crippen LogP contribution is -2.40. The zero-order valence-electron chi connectivity index (χ0n) is 13.2. The number of likely N-dealkylation sites (N-methyl/N-ethyl adjacent to an activating group) is 1. The summed E-state index contributed by atoms with van der Waals surface area (Å²) in [6, 6.07) is 4.17. The largest absolute Gasteiger partial charge is 0.323 e. The van der Waals surface area contributed by atoms with Crippen LogP contribution in [0.25, 0.3) is 0 Å². The van der Waals surface area contributed by atoms with Gasteiger partial charge in [0.15, 0.2) is 11.6 Å². The van der Waals surface area contributed by atoms with Gasteiger partial charge in [0.2, 0.25) is 0 Å². The molecule has 0 saturated heterocycles. The lowest BCUT2D eigenvalue weighted by molar-refractivity contribution is 0.123. The van der Waals surface area contributed by atoms with Crippen LogP contribution in [0.4, 0.5) is 8.78 Å². The van der Waals surface area contributed by atoms with Gasteiger partial charge in [0, 0.05) is 18.6 Å². The molecule has 1 unspecified atom stereocenters. The van der Waals surface area contributed by atoms with Crippen LogP contribution in [0.3, 0.4) is 0 Å². The van der Waals surface area contributed by atoms with Crippen LogP contribution in [0.2, 0.25) is 0 Å². The van der Waals surface area contributed by atoms with Crippen LogP contribution in [0, 0.1) is 17.0 Å². The second-order valence-electron chi connectivity index (χ2n) is 7.12. The Labute approximate surface area is 126 Å². The molecule has 118 valence electrons. The Balaban J connectivity index is 1.93. The van der Waals surface area contributed by atoms with E-state index in [1.807, 2.05) is 0 Å². The molecule has 2 rings (SSSR count). The van der Waals surface area contributed by atoms with E-state index in [4.69, 9.17) is 5.73 Å². The van der Waals surface area contributed by atoms with Crippen molar-refractivity contribution in [3.63, 3.8) is 0 Å². The highest BCUT2D eigenvalue weighted by Gasteiger charge is 2.29. The Bertz CT molecular complexity index is 478. The Morgan fingerprint density at radius 1 is 1.24 bits per heavy atom. The number of hydrogen-bond donors (Lipinski definition) is 1. The van der Waals surface area contributed by atoms with Crippen molar-refractivity contribution in [1.82, 2.24) is 4.90 Å². The maximum absolute atomic E-state index is 13.3. The first kappa shape index (κ1) is 16.4.